The molecule has 1 aliphatic heterocycles. The van der Waals surface area contributed by atoms with Crippen molar-refractivity contribution < 1.29 is 9.18 Å². The molecule has 1 unspecified atom stereocenters. The van der Waals surface area contributed by atoms with E-state index >= 15 is 0 Å². The van der Waals surface area contributed by atoms with Crippen molar-refractivity contribution in [1.82, 2.24) is 10.6 Å². The Hall–Kier alpha value is -1.42. The molecule has 0 spiro atoms. The number of halogens is 1. The van der Waals surface area contributed by atoms with Crippen molar-refractivity contribution in [2.24, 2.45) is 0 Å². The molecule has 1 aromatic rings. The molecule has 1 aliphatic rings. The number of carbonyl (C=O) groups is 1. The van der Waals surface area contributed by atoms with Crippen LogP contribution in [0.1, 0.15) is 28.8 Å². The summed E-state index contributed by atoms with van der Waals surface area (Å²) in [7, 11) is 0. The van der Waals surface area contributed by atoms with E-state index in [4.69, 9.17) is 0 Å². The third-order valence-corrected chi connectivity index (χ3v) is 3.09. The van der Waals surface area contributed by atoms with Gasteiger partial charge in [0.15, 0.2) is 0 Å². The van der Waals surface area contributed by atoms with Crippen LogP contribution >= 0.6 is 0 Å². The third-order valence-electron chi connectivity index (χ3n) is 3.09. The van der Waals surface area contributed by atoms with Crippen molar-refractivity contribution in [3.8, 4) is 0 Å². The maximum absolute atomic E-state index is 13.1. The van der Waals surface area contributed by atoms with E-state index in [1.165, 1.54) is 12.1 Å². The summed E-state index contributed by atoms with van der Waals surface area (Å²) in [6, 6.07) is 4.80. The number of benzene rings is 1. The zero-order valence-electron chi connectivity index (χ0n) is 9.92. The lowest BCUT2D eigenvalue weighted by Crippen LogP contribution is -2.37. The van der Waals surface area contributed by atoms with Crippen molar-refractivity contribution in [3.05, 3.63) is 35.1 Å². The Morgan fingerprint density at radius 2 is 2.41 bits per heavy atom. The maximum Gasteiger partial charge on any atom is 0.251 e. The molecular formula is C13H17FN2O. The molecule has 2 rings (SSSR count). The SMILES string of the molecule is Cc1cc(C(=O)NCC2CCCN2)ccc1F. The fraction of sp³-hybridized carbons (Fsp3) is 0.462. The van der Waals surface area contributed by atoms with Crippen LogP contribution in [-0.2, 0) is 0 Å². The first kappa shape index (κ1) is 12.0. The van der Waals surface area contributed by atoms with Gasteiger partial charge in [-0.25, -0.2) is 4.39 Å². The van der Waals surface area contributed by atoms with Crippen LogP contribution in [0.3, 0.4) is 0 Å². The first-order chi connectivity index (χ1) is 8.16. The quantitative estimate of drug-likeness (QED) is 0.837. The summed E-state index contributed by atoms with van der Waals surface area (Å²) in [5.74, 6) is -0.416. The lowest BCUT2D eigenvalue weighted by Gasteiger charge is -2.11. The first-order valence-corrected chi connectivity index (χ1v) is 5.94. The molecule has 1 fully saturated rings. The van der Waals surface area contributed by atoms with Crippen molar-refractivity contribution in [2.45, 2.75) is 25.8 Å². The van der Waals surface area contributed by atoms with Gasteiger partial charge < -0.3 is 10.6 Å². The zero-order chi connectivity index (χ0) is 12.3. The molecule has 1 saturated heterocycles. The molecule has 0 aromatic heterocycles. The average molecular weight is 236 g/mol. The monoisotopic (exact) mass is 236 g/mol. The van der Waals surface area contributed by atoms with E-state index in [1.54, 1.807) is 13.0 Å². The van der Waals surface area contributed by atoms with Gasteiger partial charge in [0.05, 0.1) is 0 Å². The summed E-state index contributed by atoms with van der Waals surface area (Å²) in [5, 5.41) is 6.17. The van der Waals surface area contributed by atoms with E-state index in [1.807, 2.05) is 0 Å². The highest BCUT2D eigenvalue weighted by Gasteiger charge is 2.15. The van der Waals surface area contributed by atoms with Gasteiger partial charge in [0.1, 0.15) is 5.82 Å². The van der Waals surface area contributed by atoms with Crippen molar-refractivity contribution >= 4 is 5.91 Å². The molecular weight excluding hydrogens is 219 g/mol. The van der Waals surface area contributed by atoms with E-state index in [0.29, 0.717) is 23.7 Å². The van der Waals surface area contributed by atoms with E-state index < -0.39 is 0 Å². The Bertz CT molecular complexity index is 414. The molecule has 2 N–H and O–H groups in total. The minimum Gasteiger partial charge on any atom is -0.350 e. The van der Waals surface area contributed by atoms with Crippen LogP contribution in [0.5, 0.6) is 0 Å². The molecule has 1 heterocycles. The lowest BCUT2D eigenvalue weighted by molar-refractivity contribution is 0.0950. The van der Waals surface area contributed by atoms with Gasteiger partial charge in [-0.1, -0.05) is 0 Å². The lowest BCUT2D eigenvalue weighted by atomic mass is 10.1. The number of carbonyl (C=O) groups excluding carboxylic acids is 1. The van der Waals surface area contributed by atoms with Gasteiger partial charge in [0, 0.05) is 18.2 Å². The molecule has 0 bridgehead atoms. The minimum atomic E-state index is -0.279. The van der Waals surface area contributed by atoms with Crippen LogP contribution in [0.15, 0.2) is 18.2 Å². The topological polar surface area (TPSA) is 41.1 Å². The predicted octanol–water partition coefficient (Wildman–Crippen LogP) is 1.62. The average Bonchev–Trinajstić information content (AvgIpc) is 2.82. The Kier molecular flexibility index (Phi) is 3.74. The summed E-state index contributed by atoms with van der Waals surface area (Å²) in [6.07, 6.45) is 2.26. The Balaban J connectivity index is 1.92. The molecule has 92 valence electrons. The molecule has 1 aromatic carbocycles. The van der Waals surface area contributed by atoms with Gasteiger partial charge in [-0.05, 0) is 50.1 Å². The Morgan fingerprint density at radius 3 is 3.06 bits per heavy atom. The standard InChI is InChI=1S/C13H17FN2O/c1-9-7-10(4-5-12(9)14)13(17)16-8-11-3-2-6-15-11/h4-5,7,11,15H,2-3,6,8H2,1H3,(H,16,17). The van der Waals surface area contributed by atoms with E-state index in [-0.39, 0.29) is 11.7 Å². The predicted molar refractivity (Wildman–Crippen MR) is 64.5 cm³/mol. The first-order valence-electron chi connectivity index (χ1n) is 5.94. The van der Waals surface area contributed by atoms with Crippen LogP contribution in [0.25, 0.3) is 0 Å². The minimum absolute atomic E-state index is 0.137. The molecule has 0 radical (unpaired) electrons. The highest BCUT2D eigenvalue weighted by Crippen LogP contribution is 2.09. The van der Waals surface area contributed by atoms with Gasteiger partial charge in [0.25, 0.3) is 5.91 Å². The summed E-state index contributed by atoms with van der Waals surface area (Å²) >= 11 is 0. The Morgan fingerprint density at radius 1 is 1.59 bits per heavy atom. The van der Waals surface area contributed by atoms with Crippen LogP contribution < -0.4 is 10.6 Å². The normalized spacial score (nSPS) is 19.3. The van der Waals surface area contributed by atoms with Crippen molar-refractivity contribution in [2.75, 3.05) is 13.1 Å². The summed E-state index contributed by atoms with van der Waals surface area (Å²) < 4.78 is 13.1. The second kappa shape index (κ2) is 5.27. The summed E-state index contributed by atoms with van der Waals surface area (Å²) in [6.45, 7) is 3.32. The van der Waals surface area contributed by atoms with Gasteiger partial charge in [-0.3, -0.25) is 4.79 Å². The highest BCUT2D eigenvalue weighted by atomic mass is 19.1. The second-order valence-corrected chi connectivity index (χ2v) is 4.47. The highest BCUT2D eigenvalue weighted by molar-refractivity contribution is 5.94. The van der Waals surface area contributed by atoms with E-state index in [9.17, 15) is 9.18 Å². The molecule has 4 heteroatoms. The van der Waals surface area contributed by atoms with Gasteiger partial charge in [-0.2, -0.15) is 0 Å². The number of amides is 1. The van der Waals surface area contributed by atoms with E-state index in [2.05, 4.69) is 10.6 Å². The van der Waals surface area contributed by atoms with Gasteiger partial charge in [0.2, 0.25) is 0 Å². The fourth-order valence-electron chi connectivity index (χ4n) is 2.03. The van der Waals surface area contributed by atoms with Crippen LogP contribution in [0.2, 0.25) is 0 Å². The number of aryl methyl sites for hydroxylation is 1. The molecule has 0 aliphatic carbocycles. The van der Waals surface area contributed by atoms with Crippen molar-refractivity contribution in [1.29, 1.82) is 0 Å². The molecule has 17 heavy (non-hydrogen) atoms. The van der Waals surface area contributed by atoms with E-state index in [0.717, 1.165) is 19.4 Å². The second-order valence-electron chi connectivity index (χ2n) is 4.47. The smallest absolute Gasteiger partial charge is 0.251 e. The fourth-order valence-corrected chi connectivity index (χ4v) is 2.03. The van der Waals surface area contributed by atoms with Crippen LogP contribution in [0.4, 0.5) is 4.39 Å². The van der Waals surface area contributed by atoms with Gasteiger partial charge >= 0.3 is 0 Å². The van der Waals surface area contributed by atoms with Gasteiger partial charge in [-0.15, -0.1) is 0 Å². The largest absolute Gasteiger partial charge is 0.350 e. The van der Waals surface area contributed by atoms with Crippen LogP contribution in [0, 0.1) is 12.7 Å². The summed E-state index contributed by atoms with van der Waals surface area (Å²) in [5.41, 5.74) is 1.01. The molecule has 3 nitrogen and oxygen atoms in total. The molecule has 0 saturated carbocycles. The number of nitrogens with one attached hydrogen (secondary N) is 2. The summed E-state index contributed by atoms with van der Waals surface area (Å²) in [4.78, 5) is 11.8. The number of rotatable bonds is 3. The Labute approximate surface area is 100 Å². The molecule has 1 amide bonds. The maximum atomic E-state index is 13.1. The van der Waals surface area contributed by atoms with Crippen molar-refractivity contribution in [3.63, 3.8) is 0 Å². The van der Waals surface area contributed by atoms with Crippen LogP contribution in [-0.4, -0.2) is 25.0 Å². The number of hydrogen-bond donors (Lipinski definition) is 2. The number of hydrogen-bond acceptors (Lipinski definition) is 2. The third kappa shape index (κ3) is 3.03. The zero-order valence-corrected chi connectivity index (χ0v) is 9.92. The molecule has 1 atom stereocenters.